The first-order valence-corrected chi connectivity index (χ1v) is 7.78. The van der Waals surface area contributed by atoms with Crippen LogP contribution >= 0.6 is 0 Å². The molecule has 1 saturated heterocycles. The van der Waals surface area contributed by atoms with Crippen molar-refractivity contribution in [3.8, 4) is 6.07 Å². The third-order valence-electron chi connectivity index (χ3n) is 4.43. The number of rotatable bonds is 2. The fraction of sp³-hybridized carbons (Fsp3) is 0.611. The zero-order valence-corrected chi connectivity index (χ0v) is 14.0. The number of aryl methyl sites for hydroxylation is 2. The van der Waals surface area contributed by atoms with E-state index in [0.717, 1.165) is 26.2 Å². The van der Waals surface area contributed by atoms with Crippen molar-refractivity contribution >= 4 is 0 Å². The minimum atomic E-state index is -0.0140. The normalized spacial score (nSPS) is 20.3. The highest BCUT2D eigenvalue weighted by molar-refractivity contribution is 5.40. The lowest BCUT2D eigenvalue weighted by Gasteiger charge is -2.33. The summed E-state index contributed by atoms with van der Waals surface area (Å²) in [5, 5.41) is 12.6. The quantitative estimate of drug-likeness (QED) is 0.908. The minimum absolute atomic E-state index is 0.0140. The third kappa shape index (κ3) is 3.64. The summed E-state index contributed by atoms with van der Waals surface area (Å²) >= 11 is 0. The molecule has 1 aromatic carbocycles. The zero-order chi connectivity index (χ0) is 15.6. The zero-order valence-electron chi connectivity index (χ0n) is 14.0. The maximum absolute atomic E-state index is 9.30. The highest BCUT2D eigenvalue weighted by atomic mass is 15.2. The van der Waals surface area contributed by atoms with Crippen molar-refractivity contribution in [1.29, 1.82) is 5.26 Å². The lowest BCUT2D eigenvalue weighted by Crippen LogP contribution is -2.50. The van der Waals surface area contributed by atoms with Gasteiger partial charge in [-0.1, -0.05) is 32.9 Å². The maximum Gasteiger partial charge on any atom is 0.111 e. The number of hydrogen-bond acceptors (Lipinski definition) is 3. The Kier molecular flexibility index (Phi) is 4.70. The smallest absolute Gasteiger partial charge is 0.111 e. The van der Waals surface area contributed by atoms with Gasteiger partial charge in [0.05, 0.1) is 6.07 Å². The summed E-state index contributed by atoms with van der Waals surface area (Å²) in [7, 11) is 0. The Morgan fingerprint density at radius 1 is 1.29 bits per heavy atom. The van der Waals surface area contributed by atoms with Crippen LogP contribution in [0, 0.1) is 25.2 Å². The molecule has 1 N–H and O–H groups in total. The SMILES string of the molecule is Cc1cc(C(C)(C)C)cc(C)c1CN1CCNCC1C#N. The lowest BCUT2D eigenvalue weighted by molar-refractivity contribution is 0.188. The van der Waals surface area contributed by atoms with E-state index in [2.05, 4.69) is 63.0 Å². The van der Waals surface area contributed by atoms with Crippen molar-refractivity contribution in [2.24, 2.45) is 0 Å². The summed E-state index contributed by atoms with van der Waals surface area (Å²) in [5.41, 5.74) is 5.63. The molecule has 1 heterocycles. The Balaban J connectivity index is 2.26. The number of nitrogens with one attached hydrogen (secondary N) is 1. The molecule has 0 aromatic heterocycles. The molecular formula is C18H27N3. The standard InChI is InChI=1S/C18H27N3/c1-13-8-15(18(3,4)5)9-14(2)17(13)12-21-7-6-20-11-16(21)10-19/h8-9,16,20H,6-7,11-12H2,1-5H3. The van der Waals surface area contributed by atoms with Crippen LogP contribution in [0.4, 0.5) is 0 Å². The summed E-state index contributed by atoms with van der Waals surface area (Å²) in [6, 6.07) is 7.02. The van der Waals surface area contributed by atoms with Gasteiger partial charge < -0.3 is 5.32 Å². The molecule has 114 valence electrons. The van der Waals surface area contributed by atoms with Crippen molar-refractivity contribution in [3.05, 3.63) is 34.4 Å². The van der Waals surface area contributed by atoms with Crippen LogP contribution in [0.3, 0.4) is 0 Å². The molecule has 0 spiro atoms. The first-order valence-electron chi connectivity index (χ1n) is 7.78. The predicted molar refractivity (Wildman–Crippen MR) is 87.3 cm³/mol. The van der Waals surface area contributed by atoms with E-state index in [-0.39, 0.29) is 11.5 Å². The molecule has 0 bridgehead atoms. The summed E-state index contributed by atoms with van der Waals surface area (Å²) in [4.78, 5) is 2.29. The van der Waals surface area contributed by atoms with E-state index in [0.29, 0.717) is 0 Å². The molecule has 0 aliphatic carbocycles. The molecular weight excluding hydrogens is 258 g/mol. The van der Waals surface area contributed by atoms with Crippen molar-refractivity contribution in [2.45, 2.75) is 52.6 Å². The molecule has 1 fully saturated rings. The summed E-state index contributed by atoms with van der Waals surface area (Å²) in [5.74, 6) is 0. The molecule has 21 heavy (non-hydrogen) atoms. The summed E-state index contributed by atoms with van der Waals surface area (Å²) in [6.45, 7) is 14.7. The minimum Gasteiger partial charge on any atom is -0.313 e. The number of piperazine rings is 1. The third-order valence-corrected chi connectivity index (χ3v) is 4.43. The molecule has 3 nitrogen and oxygen atoms in total. The Morgan fingerprint density at radius 2 is 1.90 bits per heavy atom. The Morgan fingerprint density at radius 3 is 2.43 bits per heavy atom. The van der Waals surface area contributed by atoms with E-state index in [1.807, 2.05) is 0 Å². The fourth-order valence-electron chi connectivity index (χ4n) is 2.94. The Hall–Kier alpha value is -1.37. The maximum atomic E-state index is 9.30. The van der Waals surface area contributed by atoms with E-state index in [9.17, 15) is 5.26 Å². The van der Waals surface area contributed by atoms with Gasteiger partial charge in [-0.15, -0.1) is 0 Å². The van der Waals surface area contributed by atoms with Crippen LogP contribution in [-0.2, 0) is 12.0 Å². The Labute approximate surface area is 129 Å². The van der Waals surface area contributed by atoms with Crippen LogP contribution in [0.1, 0.15) is 43.0 Å². The molecule has 1 aromatic rings. The predicted octanol–water partition coefficient (Wildman–Crippen LogP) is 2.90. The fourth-order valence-corrected chi connectivity index (χ4v) is 2.94. The van der Waals surface area contributed by atoms with Crippen molar-refractivity contribution in [3.63, 3.8) is 0 Å². The second-order valence-electron chi connectivity index (χ2n) is 7.16. The van der Waals surface area contributed by atoms with E-state index in [1.54, 1.807) is 0 Å². The molecule has 1 atom stereocenters. The largest absolute Gasteiger partial charge is 0.313 e. The van der Waals surface area contributed by atoms with Crippen LogP contribution in [0.15, 0.2) is 12.1 Å². The van der Waals surface area contributed by atoms with Crippen molar-refractivity contribution in [1.82, 2.24) is 10.2 Å². The average molecular weight is 285 g/mol. The molecule has 0 amide bonds. The van der Waals surface area contributed by atoms with Crippen molar-refractivity contribution < 1.29 is 0 Å². The van der Waals surface area contributed by atoms with Gasteiger partial charge in [0.2, 0.25) is 0 Å². The van der Waals surface area contributed by atoms with Crippen molar-refractivity contribution in [2.75, 3.05) is 19.6 Å². The number of nitrogens with zero attached hydrogens (tertiary/aromatic N) is 2. The molecule has 1 aliphatic rings. The molecule has 3 heteroatoms. The monoisotopic (exact) mass is 285 g/mol. The number of benzene rings is 1. The van der Waals surface area contributed by atoms with Crippen LogP contribution in [0.5, 0.6) is 0 Å². The second kappa shape index (κ2) is 6.17. The van der Waals surface area contributed by atoms with Gasteiger partial charge in [0, 0.05) is 26.2 Å². The van der Waals surface area contributed by atoms with E-state index in [1.165, 1.54) is 22.3 Å². The van der Waals surface area contributed by atoms with Crippen LogP contribution in [-0.4, -0.2) is 30.6 Å². The molecule has 1 unspecified atom stereocenters. The van der Waals surface area contributed by atoms with Gasteiger partial charge >= 0.3 is 0 Å². The van der Waals surface area contributed by atoms with Gasteiger partial charge in [0.15, 0.2) is 0 Å². The van der Waals surface area contributed by atoms with Crippen LogP contribution in [0.25, 0.3) is 0 Å². The van der Waals surface area contributed by atoms with E-state index < -0.39 is 0 Å². The van der Waals surface area contributed by atoms with Gasteiger partial charge in [-0.2, -0.15) is 5.26 Å². The van der Waals surface area contributed by atoms with Gasteiger partial charge in [-0.3, -0.25) is 4.90 Å². The van der Waals surface area contributed by atoms with E-state index in [4.69, 9.17) is 0 Å². The van der Waals surface area contributed by atoms with Gasteiger partial charge in [0.25, 0.3) is 0 Å². The second-order valence-corrected chi connectivity index (χ2v) is 7.16. The van der Waals surface area contributed by atoms with Crippen LogP contribution in [0.2, 0.25) is 0 Å². The van der Waals surface area contributed by atoms with Crippen LogP contribution < -0.4 is 5.32 Å². The highest BCUT2D eigenvalue weighted by Crippen LogP contribution is 2.27. The molecule has 0 radical (unpaired) electrons. The molecule has 1 aliphatic heterocycles. The number of nitriles is 1. The first-order chi connectivity index (χ1) is 9.82. The average Bonchev–Trinajstić information content (AvgIpc) is 2.42. The summed E-state index contributed by atoms with van der Waals surface area (Å²) < 4.78 is 0. The van der Waals surface area contributed by atoms with E-state index >= 15 is 0 Å². The van der Waals surface area contributed by atoms with Gasteiger partial charge in [-0.05, 0) is 41.5 Å². The topological polar surface area (TPSA) is 39.1 Å². The van der Waals surface area contributed by atoms with Gasteiger partial charge in [-0.25, -0.2) is 0 Å². The summed E-state index contributed by atoms with van der Waals surface area (Å²) in [6.07, 6.45) is 0. The first kappa shape index (κ1) is 16.0. The highest BCUT2D eigenvalue weighted by Gasteiger charge is 2.23. The number of hydrogen-bond donors (Lipinski definition) is 1. The lowest BCUT2D eigenvalue weighted by atomic mass is 9.83. The molecule has 0 saturated carbocycles. The molecule has 2 rings (SSSR count). The Bertz CT molecular complexity index is 526. The van der Waals surface area contributed by atoms with Gasteiger partial charge in [0.1, 0.15) is 6.04 Å².